The molecule has 0 spiro atoms. The summed E-state index contributed by atoms with van der Waals surface area (Å²) in [6.07, 6.45) is 7.05. The van der Waals surface area contributed by atoms with Crippen molar-refractivity contribution in [3.63, 3.8) is 0 Å². The molecule has 0 aliphatic carbocycles. The maximum atomic E-state index is 12.4. The van der Waals surface area contributed by atoms with Crippen molar-refractivity contribution in [1.29, 1.82) is 0 Å². The summed E-state index contributed by atoms with van der Waals surface area (Å²) in [6.45, 7) is 0.422. The van der Waals surface area contributed by atoms with Crippen LogP contribution >= 0.6 is 11.3 Å². The van der Waals surface area contributed by atoms with E-state index in [4.69, 9.17) is 0 Å². The van der Waals surface area contributed by atoms with E-state index < -0.39 is 0 Å². The van der Waals surface area contributed by atoms with Crippen molar-refractivity contribution in [2.45, 2.75) is 6.54 Å². The Labute approximate surface area is 148 Å². The molecule has 6 nitrogen and oxygen atoms in total. The molecule has 0 aliphatic rings. The van der Waals surface area contributed by atoms with E-state index in [0.717, 1.165) is 21.8 Å². The molecule has 1 aromatic carbocycles. The lowest BCUT2D eigenvalue weighted by Crippen LogP contribution is -2.22. The van der Waals surface area contributed by atoms with Crippen LogP contribution in [0.2, 0.25) is 0 Å². The SMILES string of the molecule is O=C(NCc1cn[nH]c1-c1cccs1)c1ccc(-n2ccnc2)cc1. The average Bonchev–Trinajstić information content (AvgIpc) is 3.41. The van der Waals surface area contributed by atoms with Crippen LogP contribution in [0.1, 0.15) is 15.9 Å². The summed E-state index contributed by atoms with van der Waals surface area (Å²) in [5.41, 5.74) is 3.49. The standard InChI is InChI=1S/C18H15N5OS/c24-18(13-3-5-15(6-4-13)23-8-7-19-12-23)20-10-14-11-21-22-17(14)16-2-1-9-25-16/h1-9,11-12H,10H2,(H,20,24)(H,21,22). The molecule has 2 N–H and O–H groups in total. The molecule has 3 heterocycles. The van der Waals surface area contributed by atoms with E-state index in [1.54, 1.807) is 42.2 Å². The Morgan fingerprint density at radius 3 is 2.84 bits per heavy atom. The fourth-order valence-corrected chi connectivity index (χ4v) is 3.31. The Hall–Kier alpha value is -3.19. The van der Waals surface area contributed by atoms with Crippen molar-refractivity contribution >= 4 is 17.2 Å². The molecule has 0 saturated heterocycles. The fourth-order valence-electron chi connectivity index (χ4n) is 2.55. The minimum Gasteiger partial charge on any atom is -0.348 e. The molecule has 7 heteroatoms. The number of amides is 1. The van der Waals surface area contributed by atoms with Crippen LogP contribution in [0.5, 0.6) is 0 Å². The smallest absolute Gasteiger partial charge is 0.251 e. The minimum atomic E-state index is -0.115. The molecule has 0 aliphatic heterocycles. The van der Waals surface area contributed by atoms with Gasteiger partial charge in [0.05, 0.1) is 23.1 Å². The number of aromatic amines is 1. The van der Waals surface area contributed by atoms with Crippen molar-refractivity contribution in [1.82, 2.24) is 25.1 Å². The fraction of sp³-hybridized carbons (Fsp3) is 0.0556. The number of benzene rings is 1. The van der Waals surface area contributed by atoms with Gasteiger partial charge in [-0.1, -0.05) is 6.07 Å². The zero-order valence-electron chi connectivity index (χ0n) is 13.2. The van der Waals surface area contributed by atoms with Gasteiger partial charge in [-0.3, -0.25) is 9.89 Å². The molecular weight excluding hydrogens is 334 g/mol. The first-order valence-electron chi connectivity index (χ1n) is 7.74. The lowest BCUT2D eigenvalue weighted by Gasteiger charge is -2.07. The first-order valence-corrected chi connectivity index (χ1v) is 8.62. The summed E-state index contributed by atoms with van der Waals surface area (Å²) in [6, 6.07) is 11.4. The topological polar surface area (TPSA) is 75.6 Å². The third-order valence-corrected chi connectivity index (χ3v) is 4.74. The largest absolute Gasteiger partial charge is 0.348 e. The summed E-state index contributed by atoms with van der Waals surface area (Å²) >= 11 is 1.63. The number of hydrogen-bond donors (Lipinski definition) is 2. The zero-order chi connectivity index (χ0) is 17.1. The number of carbonyl (C=O) groups excluding carboxylic acids is 1. The van der Waals surface area contributed by atoms with Crippen molar-refractivity contribution in [3.8, 4) is 16.3 Å². The number of hydrogen-bond acceptors (Lipinski definition) is 4. The summed E-state index contributed by atoms with van der Waals surface area (Å²) in [5, 5.41) is 12.0. The van der Waals surface area contributed by atoms with Gasteiger partial charge in [0.25, 0.3) is 5.91 Å². The molecule has 124 valence electrons. The van der Waals surface area contributed by atoms with Gasteiger partial charge < -0.3 is 9.88 Å². The Balaban J connectivity index is 1.44. The first kappa shape index (κ1) is 15.3. The number of aromatic nitrogens is 4. The number of thiophene rings is 1. The number of nitrogens with one attached hydrogen (secondary N) is 2. The van der Waals surface area contributed by atoms with Crippen molar-refractivity contribution in [2.24, 2.45) is 0 Å². The van der Waals surface area contributed by atoms with Crippen LogP contribution in [0.4, 0.5) is 0 Å². The van der Waals surface area contributed by atoms with E-state index in [2.05, 4.69) is 20.5 Å². The summed E-state index contributed by atoms with van der Waals surface area (Å²) in [5.74, 6) is -0.115. The van der Waals surface area contributed by atoms with E-state index in [0.29, 0.717) is 12.1 Å². The van der Waals surface area contributed by atoms with Crippen LogP contribution in [0.3, 0.4) is 0 Å². The van der Waals surface area contributed by atoms with E-state index >= 15 is 0 Å². The van der Waals surface area contributed by atoms with Gasteiger partial charge in [0.2, 0.25) is 0 Å². The molecule has 0 unspecified atom stereocenters. The highest BCUT2D eigenvalue weighted by Crippen LogP contribution is 2.25. The zero-order valence-corrected chi connectivity index (χ0v) is 14.0. The van der Waals surface area contributed by atoms with Crippen LogP contribution in [0.15, 0.2) is 66.7 Å². The Kier molecular flexibility index (Phi) is 4.14. The summed E-state index contributed by atoms with van der Waals surface area (Å²) in [4.78, 5) is 17.5. The van der Waals surface area contributed by atoms with E-state index in [9.17, 15) is 4.79 Å². The minimum absolute atomic E-state index is 0.115. The number of H-pyrrole nitrogens is 1. The van der Waals surface area contributed by atoms with Crippen molar-refractivity contribution in [2.75, 3.05) is 0 Å². The summed E-state index contributed by atoms with van der Waals surface area (Å²) < 4.78 is 1.89. The van der Waals surface area contributed by atoms with Crippen molar-refractivity contribution < 1.29 is 4.79 Å². The number of nitrogens with zero attached hydrogens (tertiary/aromatic N) is 3. The van der Waals surface area contributed by atoms with Gasteiger partial charge >= 0.3 is 0 Å². The Bertz CT molecular complexity index is 956. The second-order valence-electron chi connectivity index (χ2n) is 5.45. The van der Waals surface area contributed by atoms with Gasteiger partial charge in [0, 0.05) is 35.8 Å². The molecule has 1 amide bonds. The molecular formula is C18H15N5OS. The highest BCUT2D eigenvalue weighted by Gasteiger charge is 2.11. The Morgan fingerprint density at radius 1 is 1.24 bits per heavy atom. The molecule has 25 heavy (non-hydrogen) atoms. The number of rotatable bonds is 5. The van der Waals surface area contributed by atoms with Crippen LogP contribution in [-0.4, -0.2) is 25.7 Å². The van der Waals surface area contributed by atoms with E-state index in [1.165, 1.54) is 0 Å². The van der Waals surface area contributed by atoms with Crippen LogP contribution in [0, 0.1) is 0 Å². The van der Waals surface area contributed by atoms with E-state index in [1.807, 2.05) is 40.4 Å². The molecule has 0 fully saturated rings. The molecule has 0 radical (unpaired) electrons. The lowest BCUT2D eigenvalue weighted by molar-refractivity contribution is 0.0951. The van der Waals surface area contributed by atoms with Gasteiger partial charge in [-0.15, -0.1) is 11.3 Å². The van der Waals surface area contributed by atoms with Crippen LogP contribution in [-0.2, 0) is 6.54 Å². The predicted molar refractivity (Wildman–Crippen MR) is 96.6 cm³/mol. The third kappa shape index (κ3) is 3.22. The van der Waals surface area contributed by atoms with Crippen molar-refractivity contribution in [3.05, 3.63) is 77.8 Å². The number of carbonyl (C=O) groups is 1. The van der Waals surface area contributed by atoms with Gasteiger partial charge in [-0.05, 0) is 35.7 Å². The second-order valence-corrected chi connectivity index (χ2v) is 6.39. The molecule has 4 rings (SSSR count). The van der Waals surface area contributed by atoms with Crippen LogP contribution < -0.4 is 5.32 Å². The maximum absolute atomic E-state index is 12.4. The van der Waals surface area contributed by atoms with Gasteiger partial charge in [-0.25, -0.2) is 4.98 Å². The maximum Gasteiger partial charge on any atom is 0.251 e. The number of imidazole rings is 1. The summed E-state index contributed by atoms with van der Waals surface area (Å²) in [7, 11) is 0. The van der Waals surface area contributed by atoms with Gasteiger partial charge in [0.15, 0.2) is 0 Å². The van der Waals surface area contributed by atoms with Gasteiger partial charge in [-0.2, -0.15) is 5.10 Å². The molecule has 0 atom stereocenters. The highest BCUT2D eigenvalue weighted by molar-refractivity contribution is 7.13. The quantitative estimate of drug-likeness (QED) is 0.581. The monoisotopic (exact) mass is 349 g/mol. The first-order chi connectivity index (χ1) is 12.3. The molecule has 0 bridgehead atoms. The lowest BCUT2D eigenvalue weighted by atomic mass is 10.1. The highest BCUT2D eigenvalue weighted by atomic mass is 32.1. The Morgan fingerprint density at radius 2 is 2.12 bits per heavy atom. The second kappa shape index (κ2) is 6.74. The normalized spacial score (nSPS) is 10.7. The van der Waals surface area contributed by atoms with E-state index in [-0.39, 0.29) is 5.91 Å². The average molecular weight is 349 g/mol. The van der Waals surface area contributed by atoms with Gasteiger partial charge in [0.1, 0.15) is 0 Å². The third-order valence-electron chi connectivity index (χ3n) is 3.86. The molecule has 0 saturated carbocycles. The van der Waals surface area contributed by atoms with Crippen LogP contribution in [0.25, 0.3) is 16.3 Å². The predicted octanol–water partition coefficient (Wildman–Crippen LogP) is 3.25. The molecule has 4 aromatic rings. The molecule has 3 aromatic heterocycles.